The molecule has 2 aromatic rings. The molecule has 2 rings (SSSR count). The molecule has 2 N–H and O–H groups in total. The van der Waals surface area contributed by atoms with Crippen molar-refractivity contribution in [2.75, 3.05) is 6.54 Å². The first-order valence-corrected chi connectivity index (χ1v) is 5.86. The summed E-state index contributed by atoms with van der Waals surface area (Å²) in [4.78, 5) is 0. The fourth-order valence-corrected chi connectivity index (χ4v) is 1.86. The topological polar surface area (TPSA) is 39.2 Å². The van der Waals surface area contributed by atoms with Crippen LogP contribution in [0.1, 0.15) is 25.0 Å². The standard InChI is InChI=1S/C14H15F2NO/c1-9(4-5-17)13-2-3-14(18-13)10-6-11(15)8-12(16)7-10/h2-3,6-9H,4-5,17H2,1H3. The van der Waals surface area contributed by atoms with Gasteiger partial charge in [-0.3, -0.25) is 0 Å². The molecular weight excluding hydrogens is 236 g/mol. The summed E-state index contributed by atoms with van der Waals surface area (Å²) >= 11 is 0. The lowest BCUT2D eigenvalue weighted by molar-refractivity contribution is 0.473. The molecule has 1 atom stereocenters. The second-order valence-electron chi connectivity index (χ2n) is 4.34. The number of benzene rings is 1. The summed E-state index contributed by atoms with van der Waals surface area (Å²) in [6.07, 6.45) is 0.810. The van der Waals surface area contributed by atoms with Gasteiger partial charge in [-0.25, -0.2) is 8.78 Å². The Morgan fingerprint density at radius 1 is 1.17 bits per heavy atom. The summed E-state index contributed by atoms with van der Waals surface area (Å²) in [6, 6.07) is 6.87. The van der Waals surface area contributed by atoms with Crippen molar-refractivity contribution in [3.63, 3.8) is 0 Å². The highest BCUT2D eigenvalue weighted by Crippen LogP contribution is 2.28. The van der Waals surface area contributed by atoms with Crippen LogP contribution in [-0.4, -0.2) is 6.54 Å². The molecule has 96 valence electrons. The van der Waals surface area contributed by atoms with Gasteiger partial charge in [0.2, 0.25) is 0 Å². The van der Waals surface area contributed by atoms with E-state index in [1.165, 1.54) is 12.1 Å². The third-order valence-electron chi connectivity index (χ3n) is 2.86. The Morgan fingerprint density at radius 2 is 1.83 bits per heavy atom. The zero-order chi connectivity index (χ0) is 13.1. The minimum Gasteiger partial charge on any atom is -0.461 e. The van der Waals surface area contributed by atoms with Crippen LogP contribution in [0, 0.1) is 11.6 Å². The van der Waals surface area contributed by atoms with Crippen LogP contribution in [0.5, 0.6) is 0 Å². The van der Waals surface area contributed by atoms with Gasteiger partial charge in [0.1, 0.15) is 23.2 Å². The summed E-state index contributed by atoms with van der Waals surface area (Å²) in [5.74, 6) is 0.213. The number of halogens is 2. The van der Waals surface area contributed by atoms with Crippen molar-refractivity contribution in [2.24, 2.45) is 5.73 Å². The molecule has 0 spiro atoms. The van der Waals surface area contributed by atoms with Gasteiger partial charge in [-0.05, 0) is 37.2 Å². The predicted octanol–water partition coefficient (Wildman–Crippen LogP) is 3.68. The van der Waals surface area contributed by atoms with Crippen LogP contribution in [0.25, 0.3) is 11.3 Å². The molecule has 1 unspecified atom stereocenters. The number of rotatable bonds is 4. The molecule has 0 fully saturated rings. The summed E-state index contributed by atoms with van der Waals surface area (Å²) in [5, 5.41) is 0. The zero-order valence-electron chi connectivity index (χ0n) is 10.1. The quantitative estimate of drug-likeness (QED) is 0.900. The molecule has 0 amide bonds. The fourth-order valence-electron chi connectivity index (χ4n) is 1.86. The Balaban J connectivity index is 2.29. The Bertz CT molecular complexity index is 516. The lowest BCUT2D eigenvalue weighted by Gasteiger charge is -2.05. The summed E-state index contributed by atoms with van der Waals surface area (Å²) in [6.45, 7) is 2.58. The summed E-state index contributed by atoms with van der Waals surface area (Å²) in [5.41, 5.74) is 5.89. The van der Waals surface area contributed by atoms with Gasteiger partial charge in [-0.1, -0.05) is 6.92 Å². The third kappa shape index (κ3) is 2.76. The van der Waals surface area contributed by atoms with Crippen molar-refractivity contribution in [3.8, 4) is 11.3 Å². The predicted molar refractivity (Wildman–Crippen MR) is 66.1 cm³/mol. The van der Waals surface area contributed by atoms with Crippen molar-refractivity contribution < 1.29 is 13.2 Å². The van der Waals surface area contributed by atoms with Crippen LogP contribution in [0.3, 0.4) is 0 Å². The van der Waals surface area contributed by atoms with Crippen molar-refractivity contribution in [3.05, 3.63) is 47.7 Å². The Kier molecular flexibility index (Phi) is 3.77. The molecular formula is C14H15F2NO. The minimum atomic E-state index is -0.613. The van der Waals surface area contributed by atoms with E-state index in [1.54, 1.807) is 6.07 Å². The minimum absolute atomic E-state index is 0.196. The largest absolute Gasteiger partial charge is 0.461 e. The monoisotopic (exact) mass is 251 g/mol. The van der Waals surface area contributed by atoms with Crippen molar-refractivity contribution in [2.45, 2.75) is 19.3 Å². The molecule has 0 aliphatic heterocycles. The highest BCUT2D eigenvalue weighted by Gasteiger charge is 2.12. The van der Waals surface area contributed by atoms with E-state index in [4.69, 9.17) is 10.2 Å². The normalized spacial score (nSPS) is 12.7. The van der Waals surface area contributed by atoms with E-state index in [-0.39, 0.29) is 5.92 Å². The molecule has 0 aliphatic carbocycles. The van der Waals surface area contributed by atoms with E-state index in [0.717, 1.165) is 18.2 Å². The van der Waals surface area contributed by atoms with Crippen molar-refractivity contribution in [1.29, 1.82) is 0 Å². The summed E-state index contributed by atoms with van der Waals surface area (Å²) < 4.78 is 31.8. The van der Waals surface area contributed by atoms with Gasteiger partial charge >= 0.3 is 0 Å². The number of hydrogen-bond acceptors (Lipinski definition) is 2. The van der Waals surface area contributed by atoms with Crippen LogP contribution in [-0.2, 0) is 0 Å². The van der Waals surface area contributed by atoms with Gasteiger partial charge < -0.3 is 10.2 Å². The van der Waals surface area contributed by atoms with Crippen molar-refractivity contribution in [1.82, 2.24) is 0 Å². The lowest BCUT2D eigenvalue weighted by atomic mass is 10.1. The number of hydrogen-bond donors (Lipinski definition) is 1. The van der Waals surface area contributed by atoms with Gasteiger partial charge in [0.25, 0.3) is 0 Å². The Morgan fingerprint density at radius 3 is 2.44 bits per heavy atom. The molecule has 1 aromatic carbocycles. The first kappa shape index (κ1) is 12.8. The number of furan rings is 1. The van der Waals surface area contributed by atoms with E-state index < -0.39 is 11.6 Å². The van der Waals surface area contributed by atoms with Gasteiger partial charge in [0.05, 0.1) is 0 Å². The zero-order valence-corrected chi connectivity index (χ0v) is 10.1. The van der Waals surface area contributed by atoms with E-state index in [0.29, 0.717) is 17.9 Å². The van der Waals surface area contributed by atoms with Crippen LogP contribution >= 0.6 is 0 Å². The highest BCUT2D eigenvalue weighted by molar-refractivity contribution is 5.57. The second kappa shape index (κ2) is 5.31. The van der Waals surface area contributed by atoms with E-state index in [1.807, 2.05) is 13.0 Å². The molecule has 0 radical (unpaired) electrons. The molecule has 0 saturated carbocycles. The van der Waals surface area contributed by atoms with Crippen LogP contribution in [0.15, 0.2) is 34.7 Å². The third-order valence-corrected chi connectivity index (χ3v) is 2.86. The van der Waals surface area contributed by atoms with Gasteiger partial charge in [-0.2, -0.15) is 0 Å². The van der Waals surface area contributed by atoms with Crippen LogP contribution < -0.4 is 5.73 Å². The lowest BCUT2D eigenvalue weighted by Crippen LogP contribution is -2.03. The summed E-state index contributed by atoms with van der Waals surface area (Å²) in [7, 11) is 0. The van der Waals surface area contributed by atoms with E-state index >= 15 is 0 Å². The molecule has 1 heterocycles. The molecule has 2 nitrogen and oxygen atoms in total. The fraction of sp³-hybridized carbons (Fsp3) is 0.286. The molecule has 0 aliphatic rings. The second-order valence-corrected chi connectivity index (χ2v) is 4.34. The maximum absolute atomic E-state index is 13.1. The maximum atomic E-state index is 13.1. The molecule has 4 heteroatoms. The van der Waals surface area contributed by atoms with Crippen LogP contribution in [0.4, 0.5) is 8.78 Å². The average molecular weight is 251 g/mol. The van der Waals surface area contributed by atoms with E-state index in [9.17, 15) is 8.78 Å². The number of nitrogens with two attached hydrogens (primary N) is 1. The van der Waals surface area contributed by atoms with Gasteiger partial charge in [-0.15, -0.1) is 0 Å². The average Bonchev–Trinajstić information content (AvgIpc) is 2.77. The first-order valence-electron chi connectivity index (χ1n) is 5.86. The van der Waals surface area contributed by atoms with Gasteiger partial charge in [0.15, 0.2) is 0 Å². The molecule has 18 heavy (non-hydrogen) atoms. The van der Waals surface area contributed by atoms with E-state index in [2.05, 4.69) is 0 Å². The SMILES string of the molecule is CC(CCN)c1ccc(-c2cc(F)cc(F)c2)o1. The van der Waals surface area contributed by atoms with Crippen molar-refractivity contribution >= 4 is 0 Å². The smallest absolute Gasteiger partial charge is 0.134 e. The molecule has 0 bridgehead atoms. The molecule has 0 saturated heterocycles. The van der Waals surface area contributed by atoms with Crippen LogP contribution in [0.2, 0.25) is 0 Å². The molecule has 1 aromatic heterocycles. The maximum Gasteiger partial charge on any atom is 0.134 e. The Hall–Kier alpha value is -1.68. The highest BCUT2D eigenvalue weighted by atomic mass is 19.1. The Labute approximate surface area is 104 Å². The van der Waals surface area contributed by atoms with Gasteiger partial charge in [0, 0.05) is 17.5 Å². The first-order chi connectivity index (χ1) is 8.60.